The van der Waals surface area contributed by atoms with Gasteiger partial charge in [0.25, 0.3) is 0 Å². The van der Waals surface area contributed by atoms with Crippen molar-refractivity contribution in [2.24, 2.45) is 0 Å². The summed E-state index contributed by atoms with van der Waals surface area (Å²) in [4.78, 5) is 2.31. The van der Waals surface area contributed by atoms with Crippen molar-refractivity contribution in [3.8, 4) is 22.3 Å². The van der Waals surface area contributed by atoms with Crippen LogP contribution in [0.5, 0.6) is 0 Å². The first-order chi connectivity index (χ1) is 25.8. The Bertz CT molecular complexity index is 3110. The van der Waals surface area contributed by atoms with E-state index in [4.69, 9.17) is 13.3 Å². The standard InChI is InChI=1S/C48H29NO3/c1-2-9-30(10-3-1)31-17-21-33(22-18-31)49(35-25-27-43-40(29-35)38-12-5-6-14-41(38)50-43)34-23-19-32(20-24-34)36-13-8-16-44-46(36)47-45(51-44)28-26-39-37-11-4-7-15-42(37)52-48(39)47/h1-29H. The van der Waals surface area contributed by atoms with Gasteiger partial charge in [-0.25, -0.2) is 0 Å². The Labute approximate surface area is 298 Å². The quantitative estimate of drug-likeness (QED) is 0.183. The van der Waals surface area contributed by atoms with Gasteiger partial charge < -0.3 is 18.2 Å². The molecule has 244 valence electrons. The summed E-state index contributed by atoms with van der Waals surface area (Å²) in [5, 5.41) is 6.45. The Hall–Kier alpha value is -7.04. The number of furan rings is 3. The molecular weight excluding hydrogens is 639 g/mol. The van der Waals surface area contributed by atoms with Crippen LogP contribution in [0.1, 0.15) is 0 Å². The lowest BCUT2D eigenvalue weighted by Gasteiger charge is -2.26. The van der Waals surface area contributed by atoms with Gasteiger partial charge >= 0.3 is 0 Å². The zero-order chi connectivity index (χ0) is 34.2. The molecule has 0 aliphatic carbocycles. The Morgan fingerprint density at radius 3 is 1.62 bits per heavy atom. The fourth-order valence-electron chi connectivity index (χ4n) is 7.85. The van der Waals surface area contributed by atoms with Crippen LogP contribution in [-0.2, 0) is 0 Å². The number of fused-ring (bicyclic) bond motifs is 10. The first-order valence-corrected chi connectivity index (χ1v) is 17.5. The van der Waals surface area contributed by atoms with Crippen LogP contribution >= 0.6 is 0 Å². The molecule has 4 heteroatoms. The third-order valence-corrected chi connectivity index (χ3v) is 10.3. The van der Waals surface area contributed by atoms with Crippen LogP contribution < -0.4 is 4.90 Å². The van der Waals surface area contributed by atoms with Gasteiger partial charge in [-0.3, -0.25) is 0 Å². The van der Waals surface area contributed by atoms with Crippen LogP contribution in [0, 0.1) is 0 Å². The first kappa shape index (κ1) is 28.8. The molecule has 52 heavy (non-hydrogen) atoms. The van der Waals surface area contributed by atoms with E-state index in [-0.39, 0.29) is 0 Å². The molecule has 3 aromatic heterocycles. The molecule has 4 nitrogen and oxygen atoms in total. The Morgan fingerprint density at radius 1 is 0.308 bits per heavy atom. The lowest BCUT2D eigenvalue weighted by Crippen LogP contribution is -2.09. The van der Waals surface area contributed by atoms with E-state index >= 15 is 0 Å². The van der Waals surface area contributed by atoms with Gasteiger partial charge in [-0.1, -0.05) is 103 Å². The van der Waals surface area contributed by atoms with E-state index in [0.29, 0.717) is 0 Å². The van der Waals surface area contributed by atoms with E-state index in [1.54, 1.807) is 0 Å². The predicted molar refractivity (Wildman–Crippen MR) is 214 cm³/mol. The van der Waals surface area contributed by atoms with Crippen molar-refractivity contribution in [3.63, 3.8) is 0 Å². The summed E-state index contributed by atoms with van der Waals surface area (Å²) in [6, 6.07) is 61.4. The summed E-state index contributed by atoms with van der Waals surface area (Å²) in [7, 11) is 0. The molecule has 0 amide bonds. The molecule has 0 spiro atoms. The second-order valence-electron chi connectivity index (χ2n) is 13.3. The monoisotopic (exact) mass is 667 g/mol. The largest absolute Gasteiger partial charge is 0.456 e. The number of anilines is 3. The van der Waals surface area contributed by atoms with Crippen LogP contribution in [0.15, 0.2) is 189 Å². The first-order valence-electron chi connectivity index (χ1n) is 17.5. The maximum atomic E-state index is 6.49. The topological polar surface area (TPSA) is 42.7 Å². The summed E-state index contributed by atoms with van der Waals surface area (Å²) in [6.45, 7) is 0. The molecule has 0 unspecified atom stereocenters. The van der Waals surface area contributed by atoms with E-state index in [1.165, 1.54) is 11.1 Å². The number of para-hydroxylation sites is 2. The second kappa shape index (κ2) is 11.2. The second-order valence-corrected chi connectivity index (χ2v) is 13.3. The molecule has 0 aliphatic rings. The minimum absolute atomic E-state index is 0.818. The molecule has 0 radical (unpaired) electrons. The third kappa shape index (κ3) is 4.41. The summed E-state index contributed by atoms with van der Waals surface area (Å²) in [6.07, 6.45) is 0. The minimum Gasteiger partial charge on any atom is -0.456 e. The highest BCUT2D eigenvalue weighted by Gasteiger charge is 2.20. The summed E-state index contributed by atoms with van der Waals surface area (Å²) >= 11 is 0. The number of hydrogen-bond donors (Lipinski definition) is 0. The fourth-order valence-corrected chi connectivity index (χ4v) is 7.85. The molecule has 11 rings (SSSR count). The lowest BCUT2D eigenvalue weighted by atomic mass is 9.98. The Morgan fingerprint density at radius 2 is 0.846 bits per heavy atom. The van der Waals surface area contributed by atoms with Crippen molar-refractivity contribution in [2.45, 2.75) is 0 Å². The van der Waals surface area contributed by atoms with E-state index in [9.17, 15) is 0 Å². The van der Waals surface area contributed by atoms with E-state index < -0.39 is 0 Å². The maximum absolute atomic E-state index is 6.49. The van der Waals surface area contributed by atoms with Crippen molar-refractivity contribution in [1.29, 1.82) is 0 Å². The number of hydrogen-bond acceptors (Lipinski definition) is 4. The maximum Gasteiger partial charge on any atom is 0.147 e. The lowest BCUT2D eigenvalue weighted by molar-refractivity contribution is 0.663. The third-order valence-electron chi connectivity index (χ3n) is 10.3. The molecule has 0 saturated carbocycles. The van der Waals surface area contributed by atoms with Gasteiger partial charge in [0, 0.05) is 44.0 Å². The van der Waals surface area contributed by atoms with Crippen molar-refractivity contribution in [2.75, 3.05) is 4.90 Å². The molecule has 0 N–H and O–H groups in total. The predicted octanol–water partition coefficient (Wildman–Crippen LogP) is 14.2. The highest BCUT2D eigenvalue weighted by atomic mass is 16.3. The van der Waals surface area contributed by atoms with Gasteiger partial charge in [-0.2, -0.15) is 0 Å². The van der Waals surface area contributed by atoms with Crippen LogP contribution in [-0.4, -0.2) is 0 Å². The molecule has 3 heterocycles. The smallest absolute Gasteiger partial charge is 0.147 e. The van der Waals surface area contributed by atoms with Crippen LogP contribution in [0.2, 0.25) is 0 Å². The zero-order valence-electron chi connectivity index (χ0n) is 27.9. The molecule has 11 aromatic rings. The number of nitrogens with zero attached hydrogens (tertiary/aromatic N) is 1. The highest BCUT2D eigenvalue weighted by Crippen LogP contribution is 2.44. The van der Waals surface area contributed by atoms with E-state index in [0.717, 1.165) is 94.0 Å². The summed E-state index contributed by atoms with van der Waals surface area (Å²) in [5.74, 6) is 0. The molecule has 0 atom stereocenters. The minimum atomic E-state index is 0.818. The molecule has 0 fully saturated rings. The van der Waals surface area contributed by atoms with E-state index in [1.807, 2.05) is 36.4 Å². The van der Waals surface area contributed by atoms with Crippen LogP contribution in [0.25, 0.3) is 88.1 Å². The Balaban J connectivity index is 1.06. The fraction of sp³-hybridized carbons (Fsp3) is 0. The summed E-state index contributed by atoms with van der Waals surface area (Å²) < 4.78 is 19.1. The Kier molecular flexibility index (Phi) is 6.22. The zero-order valence-corrected chi connectivity index (χ0v) is 27.9. The molecular formula is C48H29NO3. The van der Waals surface area contributed by atoms with Crippen molar-refractivity contribution in [1.82, 2.24) is 0 Å². The van der Waals surface area contributed by atoms with Gasteiger partial charge in [0.1, 0.15) is 33.5 Å². The number of benzene rings is 8. The average Bonchev–Trinajstić information content (AvgIpc) is 3.90. The number of rotatable bonds is 5. The molecule has 0 saturated heterocycles. The highest BCUT2D eigenvalue weighted by molar-refractivity contribution is 6.24. The van der Waals surface area contributed by atoms with Gasteiger partial charge in [0.15, 0.2) is 0 Å². The van der Waals surface area contributed by atoms with Gasteiger partial charge in [0.2, 0.25) is 0 Å². The van der Waals surface area contributed by atoms with Crippen molar-refractivity contribution < 1.29 is 13.3 Å². The molecule has 0 bridgehead atoms. The average molecular weight is 668 g/mol. The molecule has 8 aromatic carbocycles. The van der Waals surface area contributed by atoms with Crippen LogP contribution in [0.4, 0.5) is 17.1 Å². The summed E-state index contributed by atoms with van der Waals surface area (Å²) in [5.41, 5.74) is 12.9. The van der Waals surface area contributed by atoms with Gasteiger partial charge in [-0.05, 0) is 95.1 Å². The van der Waals surface area contributed by atoms with E-state index in [2.05, 4.69) is 144 Å². The van der Waals surface area contributed by atoms with Gasteiger partial charge in [0.05, 0.1) is 5.39 Å². The molecule has 0 aliphatic heterocycles. The van der Waals surface area contributed by atoms with Crippen molar-refractivity contribution >= 4 is 82.9 Å². The van der Waals surface area contributed by atoms with Crippen molar-refractivity contribution in [3.05, 3.63) is 176 Å². The normalized spacial score (nSPS) is 11.8. The SMILES string of the molecule is c1ccc(-c2ccc(N(c3ccc(-c4cccc5oc6ccc7c8ccccc8oc7c6c45)cc3)c3ccc4oc5ccccc5c4c3)cc2)cc1. The van der Waals surface area contributed by atoms with Gasteiger partial charge in [-0.15, -0.1) is 0 Å². The van der Waals surface area contributed by atoms with Crippen LogP contribution in [0.3, 0.4) is 0 Å².